The molecule has 0 saturated carbocycles. The first-order valence-corrected chi connectivity index (χ1v) is 26.3. The van der Waals surface area contributed by atoms with Gasteiger partial charge < -0.3 is 42.4 Å². The molecule has 75 heavy (non-hydrogen) atoms. The van der Waals surface area contributed by atoms with Gasteiger partial charge >= 0.3 is 12.1 Å². The lowest BCUT2D eigenvalue weighted by molar-refractivity contribution is -0.165. The van der Waals surface area contributed by atoms with E-state index in [9.17, 15) is 24.3 Å². The summed E-state index contributed by atoms with van der Waals surface area (Å²) in [6.07, 6.45) is -0.568. The summed E-state index contributed by atoms with van der Waals surface area (Å²) in [6.45, 7) is 13.9. The van der Waals surface area contributed by atoms with Crippen molar-refractivity contribution in [2.45, 2.75) is 169 Å². The Hall–Kier alpha value is -6.50. The highest BCUT2D eigenvalue weighted by atomic mass is 16.5. The van der Waals surface area contributed by atoms with E-state index in [0.29, 0.717) is 25.8 Å². The van der Waals surface area contributed by atoms with Crippen LogP contribution in [0.5, 0.6) is 0 Å². The van der Waals surface area contributed by atoms with Crippen LogP contribution < -0.4 is 27.4 Å². The number of aliphatic carboxylic acids is 1. The molecular weight excluding hydrogens is 959 g/mol. The highest BCUT2D eigenvalue weighted by Gasteiger charge is 2.51. The Morgan fingerprint density at radius 2 is 0.987 bits per heavy atom. The summed E-state index contributed by atoms with van der Waals surface area (Å²) in [6, 6.07) is 17.7. The predicted octanol–water partition coefficient (Wildman–Crippen LogP) is 6.18. The molecule has 0 fully saturated rings. The highest BCUT2D eigenvalue weighted by Crippen LogP contribution is 2.35. The fraction of sp³-hybridized carbons (Fsp3) is 0.544. The highest BCUT2D eigenvalue weighted by molar-refractivity contribution is 6.04. The van der Waals surface area contributed by atoms with Crippen molar-refractivity contribution < 1.29 is 53.3 Å². The molecule has 18 heteroatoms. The van der Waals surface area contributed by atoms with E-state index in [1.54, 1.807) is 85.7 Å². The molecule has 0 aliphatic heterocycles. The molecule has 7 atom stereocenters. The van der Waals surface area contributed by atoms with E-state index < -0.39 is 114 Å². The SMILES string of the molecule is CC(C)[C@H](N)C(=O)N(C(=O)[C@@H](NC(=O)CCCCCNC(=O)OCc1ccccc1)C(C)C)C(c1ccccc1)C(C(O)CCc1ccccc1)N(C(=O)[C@@H](N)C(C)C)C(=O)[C@@H](NC(=O)CCCCC(=O)O)C(C)C. The normalized spacial score (nSPS) is 14.2. The second-order valence-corrected chi connectivity index (χ2v) is 20.5. The van der Waals surface area contributed by atoms with Crippen LogP contribution in [0.4, 0.5) is 4.79 Å². The minimum Gasteiger partial charge on any atom is -0.481 e. The average molecular weight is 1040 g/mol. The number of benzene rings is 3. The number of unbranched alkanes of at least 4 members (excludes halogenated alkanes) is 3. The number of carboxylic acids is 1. The lowest BCUT2D eigenvalue weighted by Gasteiger charge is -2.46. The Labute approximate surface area is 443 Å². The van der Waals surface area contributed by atoms with E-state index in [1.807, 2.05) is 60.7 Å². The molecule has 0 aromatic heterocycles. The quantitative estimate of drug-likeness (QED) is 0.0355. The van der Waals surface area contributed by atoms with E-state index >= 15 is 19.2 Å². The van der Waals surface area contributed by atoms with Crippen LogP contribution in [-0.4, -0.2) is 110 Å². The maximum atomic E-state index is 15.7. The number of imide groups is 2. The number of carboxylic acid groups (broad SMARTS) is 1. The first-order chi connectivity index (χ1) is 35.6. The number of nitrogens with one attached hydrogen (secondary N) is 3. The zero-order valence-corrected chi connectivity index (χ0v) is 45.1. The Kier molecular flexibility index (Phi) is 26.8. The van der Waals surface area contributed by atoms with E-state index in [1.165, 1.54) is 0 Å². The van der Waals surface area contributed by atoms with Gasteiger partial charge in [-0.25, -0.2) is 4.79 Å². The second-order valence-electron chi connectivity index (χ2n) is 20.5. The number of carbonyl (C=O) groups excluding carboxylic acids is 7. The molecule has 0 heterocycles. The Bertz CT molecular complexity index is 2280. The van der Waals surface area contributed by atoms with Gasteiger partial charge in [0.1, 0.15) is 18.7 Å². The van der Waals surface area contributed by atoms with Crippen LogP contribution >= 0.6 is 0 Å². The largest absolute Gasteiger partial charge is 0.481 e. The molecule has 0 radical (unpaired) electrons. The van der Waals surface area contributed by atoms with Gasteiger partial charge in [0.15, 0.2) is 0 Å². The van der Waals surface area contributed by atoms with Crippen molar-refractivity contribution in [3.05, 3.63) is 108 Å². The molecule has 3 rings (SSSR count). The molecule has 0 aliphatic rings. The number of hydrogen-bond donors (Lipinski definition) is 7. The van der Waals surface area contributed by atoms with Crippen LogP contribution in [0.1, 0.15) is 136 Å². The Balaban J connectivity index is 2.18. The van der Waals surface area contributed by atoms with Crippen molar-refractivity contribution >= 4 is 47.5 Å². The van der Waals surface area contributed by atoms with Gasteiger partial charge in [0, 0.05) is 25.8 Å². The van der Waals surface area contributed by atoms with Crippen molar-refractivity contribution in [3.63, 3.8) is 0 Å². The van der Waals surface area contributed by atoms with Crippen molar-refractivity contribution in [3.8, 4) is 0 Å². The molecule has 0 bridgehead atoms. The number of rotatable bonds is 31. The Morgan fingerprint density at radius 3 is 1.47 bits per heavy atom. The zero-order valence-electron chi connectivity index (χ0n) is 45.1. The summed E-state index contributed by atoms with van der Waals surface area (Å²) >= 11 is 0. The molecule has 3 aromatic carbocycles. The summed E-state index contributed by atoms with van der Waals surface area (Å²) in [5, 5.41) is 30.4. The summed E-state index contributed by atoms with van der Waals surface area (Å²) in [5.41, 5.74) is 15.2. The van der Waals surface area contributed by atoms with Gasteiger partial charge in [-0.3, -0.25) is 43.4 Å². The number of carbonyl (C=O) groups is 8. The summed E-state index contributed by atoms with van der Waals surface area (Å²) < 4.78 is 5.27. The number of nitrogens with zero attached hydrogens (tertiary/aromatic N) is 2. The average Bonchev–Trinajstić information content (AvgIpc) is 3.38. The second kappa shape index (κ2) is 32.1. The Morgan fingerprint density at radius 1 is 0.547 bits per heavy atom. The first-order valence-electron chi connectivity index (χ1n) is 26.3. The van der Waals surface area contributed by atoms with Crippen LogP contribution in [0.2, 0.25) is 0 Å². The lowest BCUT2D eigenvalue weighted by atomic mass is 9.85. The lowest BCUT2D eigenvalue weighted by Crippen LogP contribution is -2.67. The van der Waals surface area contributed by atoms with Gasteiger partial charge in [0.2, 0.25) is 23.6 Å². The number of hydrogen-bond acceptors (Lipinski definition) is 12. The van der Waals surface area contributed by atoms with Gasteiger partial charge in [-0.1, -0.05) is 153 Å². The van der Waals surface area contributed by atoms with E-state index in [0.717, 1.165) is 20.9 Å². The van der Waals surface area contributed by atoms with E-state index in [-0.39, 0.29) is 57.1 Å². The molecule has 0 aliphatic carbocycles. The topological polar surface area (TPSA) is 281 Å². The number of aryl methyl sites for hydroxylation is 1. The molecule has 0 saturated heterocycles. The zero-order chi connectivity index (χ0) is 55.8. The number of aliphatic hydroxyl groups is 1. The fourth-order valence-electron chi connectivity index (χ4n) is 8.41. The predicted molar refractivity (Wildman–Crippen MR) is 286 cm³/mol. The van der Waals surface area contributed by atoms with Crippen molar-refractivity contribution in [1.29, 1.82) is 0 Å². The van der Waals surface area contributed by atoms with Crippen LogP contribution in [0.3, 0.4) is 0 Å². The third-order valence-corrected chi connectivity index (χ3v) is 13.1. The maximum absolute atomic E-state index is 15.7. The third-order valence-electron chi connectivity index (χ3n) is 13.1. The number of nitrogens with two attached hydrogens (primary N) is 2. The molecule has 412 valence electrons. The summed E-state index contributed by atoms with van der Waals surface area (Å²) in [4.78, 5) is 114. The van der Waals surface area contributed by atoms with Gasteiger partial charge in [-0.15, -0.1) is 0 Å². The van der Waals surface area contributed by atoms with Gasteiger partial charge in [-0.2, -0.15) is 0 Å². The first kappa shape index (κ1) is 62.8. The van der Waals surface area contributed by atoms with Gasteiger partial charge in [0.25, 0.3) is 11.8 Å². The van der Waals surface area contributed by atoms with Gasteiger partial charge in [-0.05, 0) is 78.9 Å². The monoisotopic (exact) mass is 1040 g/mol. The molecule has 0 spiro atoms. The molecule has 7 amide bonds. The van der Waals surface area contributed by atoms with Crippen LogP contribution in [0, 0.1) is 23.7 Å². The molecule has 3 unspecified atom stereocenters. The van der Waals surface area contributed by atoms with Gasteiger partial charge in [0.05, 0.1) is 30.3 Å². The number of aliphatic hydroxyl groups excluding tert-OH is 1. The minimum absolute atomic E-state index is 0.0108. The van der Waals surface area contributed by atoms with Crippen LogP contribution in [-0.2, 0) is 51.3 Å². The van der Waals surface area contributed by atoms with E-state index in [4.69, 9.17) is 21.3 Å². The molecule has 18 nitrogen and oxygen atoms in total. The minimum atomic E-state index is -1.77. The van der Waals surface area contributed by atoms with Crippen molar-refractivity contribution in [2.24, 2.45) is 35.1 Å². The van der Waals surface area contributed by atoms with Crippen LogP contribution in [0.25, 0.3) is 0 Å². The summed E-state index contributed by atoms with van der Waals surface area (Å²) in [5.74, 6) is -8.26. The third kappa shape index (κ3) is 20.3. The molecular formula is C57H83N7O11. The molecule has 3 aromatic rings. The smallest absolute Gasteiger partial charge is 0.407 e. The standard InChI is InChI=1S/C57H83N7O11/c1-36(2)47(58)53(70)63(55(72)49(38(5)6)61-44(66)29-19-12-22-34-60-57(74)75-35-41-25-15-10-16-26-41)51(42-27-17-11-18-28-42)52(43(65)33-32-40-23-13-9-14-24-40)64(54(71)48(59)37(3)4)56(73)50(39(7)8)62-45(67)30-20-21-31-46(68)69/h9-11,13-18,23-28,36-39,43,47-52,65H,12,19-22,29-35,58-59H2,1-8H3,(H,60,74)(H,61,66)(H,62,67)(H,68,69)/t43?,47-,48-,49-,50-,51?,52?/m0/s1. The summed E-state index contributed by atoms with van der Waals surface area (Å²) in [7, 11) is 0. The van der Waals surface area contributed by atoms with Crippen LogP contribution in [0.15, 0.2) is 91.0 Å². The van der Waals surface area contributed by atoms with E-state index in [2.05, 4.69) is 16.0 Å². The fourth-order valence-corrected chi connectivity index (χ4v) is 8.41. The van der Waals surface area contributed by atoms with Crippen molar-refractivity contribution in [1.82, 2.24) is 25.8 Å². The number of ether oxygens (including phenoxy) is 1. The number of amides is 7. The molecule has 9 N–H and O–H groups in total. The maximum Gasteiger partial charge on any atom is 0.407 e. The number of alkyl carbamates (subject to hydrolysis) is 1. The van der Waals surface area contributed by atoms with Crippen molar-refractivity contribution in [2.75, 3.05) is 6.54 Å².